The maximum Gasteiger partial charge on any atom is 0.287 e. The zero-order valence-corrected chi connectivity index (χ0v) is 13.2. The van der Waals surface area contributed by atoms with Crippen LogP contribution in [0.1, 0.15) is 10.6 Å². The van der Waals surface area contributed by atoms with Crippen molar-refractivity contribution in [2.24, 2.45) is 11.5 Å². The second-order valence-electron chi connectivity index (χ2n) is 4.00. The van der Waals surface area contributed by atoms with Gasteiger partial charge in [0.2, 0.25) is 5.95 Å². The number of H-pyrrole nitrogens is 1. The number of nitrogen functional groups attached to an aromatic ring is 1. The fourth-order valence-electron chi connectivity index (χ4n) is 1.19. The van der Waals surface area contributed by atoms with E-state index < -0.39 is 5.24 Å². The van der Waals surface area contributed by atoms with Crippen molar-refractivity contribution in [1.29, 1.82) is 5.41 Å². The molecule has 0 atom stereocenters. The number of amidine groups is 1. The molecule has 0 fully saturated rings. The van der Waals surface area contributed by atoms with Gasteiger partial charge in [0, 0.05) is 0 Å². The third-order valence-electron chi connectivity index (χ3n) is 2.19. The highest BCUT2D eigenvalue weighted by Crippen LogP contribution is 2.14. The van der Waals surface area contributed by atoms with Gasteiger partial charge in [-0.3, -0.25) is 15.3 Å². The lowest BCUT2D eigenvalue weighted by Gasteiger charge is -1.83. The summed E-state index contributed by atoms with van der Waals surface area (Å²) in [6.45, 7) is 0.167. The number of aromatic amines is 1. The van der Waals surface area contributed by atoms with Gasteiger partial charge in [-0.1, -0.05) is 0 Å². The maximum atomic E-state index is 10.2. The molecule has 0 radical (unpaired) electrons. The van der Waals surface area contributed by atoms with Crippen LogP contribution in [0.15, 0.2) is 45.6 Å². The smallest absolute Gasteiger partial charge is 0.287 e. The molecule has 0 saturated heterocycles. The molecular formula is C13H16ClN7O3. The number of nitrogens with zero attached hydrogens (tertiary/aromatic N) is 2. The van der Waals surface area contributed by atoms with Crippen molar-refractivity contribution in [2.75, 3.05) is 12.3 Å². The largest absolute Gasteiger partial charge is 0.461 e. The van der Waals surface area contributed by atoms with Crippen molar-refractivity contribution < 1.29 is 13.6 Å². The molecule has 0 spiro atoms. The van der Waals surface area contributed by atoms with Gasteiger partial charge in [-0.2, -0.15) is 4.98 Å². The van der Waals surface area contributed by atoms with E-state index in [1.807, 2.05) is 0 Å². The number of aromatic nitrogens is 3. The molecule has 3 aromatic rings. The first-order valence-electron chi connectivity index (χ1n) is 6.42. The predicted octanol–water partition coefficient (Wildman–Crippen LogP) is 1.19. The van der Waals surface area contributed by atoms with E-state index >= 15 is 0 Å². The third-order valence-corrected chi connectivity index (χ3v) is 2.38. The van der Waals surface area contributed by atoms with E-state index in [1.54, 1.807) is 24.5 Å². The highest BCUT2D eigenvalue weighted by molar-refractivity contribution is 6.67. The Labute approximate surface area is 141 Å². The van der Waals surface area contributed by atoms with Crippen molar-refractivity contribution in [3.63, 3.8) is 0 Å². The molecule has 24 heavy (non-hydrogen) atoms. The molecule has 0 unspecified atom stereocenters. The highest BCUT2D eigenvalue weighted by Gasteiger charge is 2.04. The highest BCUT2D eigenvalue weighted by atomic mass is 35.5. The summed E-state index contributed by atoms with van der Waals surface area (Å²) < 4.78 is 9.66. The second kappa shape index (κ2) is 9.82. The van der Waals surface area contributed by atoms with Crippen molar-refractivity contribution in [3.8, 4) is 11.6 Å². The molecule has 0 amide bonds. The van der Waals surface area contributed by atoms with E-state index in [9.17, 15) is 4.79 Å². The SMILES string of the molecule is N=C(N)CN.Nc1n[nH]c(-c2ccco2)n1.O=C(Cl)c1ccco1. The van der Waals surface area contributed by atoms with Crippen LogP contribution in [0.3, 0.4) is 0 Å². The Bertz CT molecular complexity index is 738. The minimum atomic E-state index is -0.560. The number of furan rings is 2. The van der Waals surface area contributed by atoms with Gasteiger partial charge >= 0.3 is 0 Å². The summed E-state index contributed by atoms with van der Waals surface area (Å²) in [5.41, 5.74) is 14.9. The van der Waals surface area contributed by atoms with E-state index in [0.717, 1.165) is 0 Å². The number of carbonyl (C=O) groups excluding carboxylic acids is 1. The van der Waals surface area contributed by atoms with Crippen LogP contribution in [0, 0.1) is 5.41 Å². The molecule has 0 aliphatic heterocycles. The van der Waals surface area contributed by atoms with Crippen LogP contribution >= 0.6 is 11.6 Å². The average Bonchev–Trinajstić information content (AvgIpc) is 3.30. The third kappa shape index (κ3) is 6.77. The number of nitrogens with two attached hydrogens (primary N) is 3. The molecule has 0 aliphatic rings. The minimum absolute atomic E-state index is 0.0324. The van der Waals surface area contributed by atoms with Gasteiger partial charge in [0.25, 0.3) is 5.24 Å². The summed E-state index contributed by atoms with van der Waals surface area (Å²) in [6, 6.07) is 6.67. The number of hydrogen-bond donors (Lipinski definition) is 5. The van der Waals surface area contributed by atoms with Gasteiger partial charge in [0.15, 0.2) is 17.3 Å². The summed E-state index contributed by atoms with van der Waals surface area (Å²) in [5.74, 6) is 1.62. The van der Waals surface area contributed by atoms with Crippen LogP contribution in [0.25, 0.3) is 11.6 Å². The van der Waals surface area contributed by atoms with Crippen LogP contribution in [-0.4, -0.2) is 32.8 Å². The lowest BCUT2D eigenvalue weighted by Crippen LogP contribution is -2.20. The molecule has 3 heterocycles. The Kier molecular flexibility index (Phi) is 7.75. The quantitative estimate of drug-likeness (QED) is 0.263. The zero-order valence-electron chi connectivity index (χ0n) is 12.4. The lowest BCUT2D eigenvalue weighted by molar-refractivity contribution is 0.105. The lowest BCUT2D eigenvalue weighted by atomic mass is 10.4. The van der Waals surface area contributed by atoms with E-state index in [0.29, 0.717) is 11.6 Å². The molecule has 3 rings (SSSR count). The second-order valence-corrected chi connectivity index (χ2v) is 4.34. The van der Waals surface area contributed by atoms with Crippen LogP contribution < -0.4 is 17.2 Å². The molecule has 128 valence electrons. The Morgan fingerprint density at radius 2 is 1.92 bits per heavy atom. The minimum Gasteiger partial charge on any atom is -0.461 e. The Morgan fingerprint density at radius 1 is 1.29 bits per heavy atom. The fraction of sp³-hybridized carbons (Fsp3) is 0.0769. The maximum absolute atomic E-state index is 10.2. The van der Waals surface area contributed by atoms with Crippen LogP contribution in [0.5, 0.6) is 0 Å². The predicted molar refractivity (Wildman–Crippen MR) is 88.4 cm³/mol. The Balaban J connectivity index is 0.000000196. The summed E-state index contributed by atoms with van der Waals surface area (Å²) in [7, 11) is 0. The first-order chi connectivity index (χ1) is 11.4. The van der Waals surface area contributed by atoms with E-state index in [-0.39, 0.29) is 24.1 Å². The molecule has 8 N–H and O–H groups in total. The van der Waals surface area contributed by atoms with Gasteiger partial charge in [-0.25, -0.2) is 0 Å². The summed E-state index contributed by atoms with van der Waals surface area (Å²) in [4.78, 5) is 14.0. The Hall–Kier alpha value is -3.11. The van der Waals surface area contributed by atoms with Gasteiger partial charge in [0.1, 0.15) is 5.84 Å². The van der Waals surface area contributed by atoms with Gasteiger partial charge in [-0.05, 0) is 35.9 Å². The Morgan fingerprint density at radius 3 is 2.25 bits per heavy atom. The average molecular weight is 354 g/mol. The summed E-state index contributed by atoms with van der Waals surface area (Å²) in [5, 5.41) is 12.1. The number of halogens is 1. The van der Waals surface area contributed by atoms with Crippen molar-refractivity contribution in [2.45, 2.75) is 0 Å². The number of anilines is 1. The molecule has 11 heteroatoms. The summed E-state index contributed by atoms with van der Waals surface area (Å²) in [6.07, 6.45) is 2.96. The number of rotatable bonds is 3. The summed E-state index contributed by atoms with van der Waals surface area (Å²) >= 11 is 5.01. The molecule has 0 bridgehead atoms. The van der Waals surface area contributed by atoms with Crippen molar-refractivity contribution >= 4 is 28.6 Å². The van der Waals surface area contributed by atoms with Gasteiger partial charge in [0.05, 0.1) is 19.1 Å². The molecule has 3 aromatic heterocycles. The van der Waals surface area contributed by atoms with Crippen LogP contribution in [0.2, 0.25) is 0 Å². The van der Waals surface area contributed by atoms with E-state index in [4.69, 9.17) is 38.6 Å². The molecule has 0 aliphatic carbocycles. The number of hydrogen-bond acceptors (Lipinski definition) is 8. The monoisotopic (exact) mass is 353 g/mol. The van der Waals surface area contributed by atoms with Gasteiger partial charge < -0.3 is 26.0 Å². The molecule has 10 nitrogen and oxygen atoms in total. The fourth-order valence-corrected chi connectivity index (χ4v) is 1.30. The van der Waals surface area contributed by atoms with E-state index in [2.05, 4.69) is 19.6 Å². The first-order valence-corrected chi connectivity index (χ1v) is 6.79. The van der Waals surface area contributed by atoms with E-state index in [1.165, 1.54) is 12.3 Å². The molecule has 0 saturated carbocycles. The first kappa shape index (κ1) is 18.9. The topological polar surface area (TPSA) is 187 Å². The standard InChI is InChI=1S/C6H6N4O.C5H3ClO2.C2H7N3/c7-6-8-5(9-10-6)4-2-1-3-11-4;6-5(7)4-2-1-3-8-4;3-1-2(4)5/h1-3H,(H3,7,8,9,10);1-3H;1,3H2,(H3,4,5). The van der Waals surface area contributed by atoms with Crippen molar-refractivity contribution in [3.05, 3.63) is 42.6 Å². The number of carbonyl (C=O) groups is 1. The van der Waals surface area contributed by atoms with Crippen molar-refractivity contribution in [1.82, 2.24) is 15.2 Å². The molecule has 0 aromatic carbocycles. The zero-order chi connectivity index (χ0) is 17.9. The normalized spacial score (nSPS) is 9.25. The van der Waals surface area contributed by atoms with Crippen LogP contribution in [0.4, 0.5) is 5.95 Å². The number of nitrogens with one attached hydrogen (secondary N) is 2. The molecular weight excluding hydrogens is 338 g/mol. The van der Waals surface area contributed by atoms with Gasteiger partial charge in [-0.15, -0.1) is 5.10 Å². The van der Waals surface area contributed by atoms with Crippen LogP contribution in [-0.2, 0) is 0 Å².